The van der Waals surface area contributed by atoms with E-state index in [-0.39, 0.29) is 18.0 Å². The quantitative estimate of drug-likeness (QED) is 0.547. The van der Waals surface area contributed by atoms with Crippen LogP contribution in [0.3, 0.4) is 0 Å². The third kappa shape index (κ3) is 4.84. The summed E-state index contributed by atoms with van der Waals surface area (Å²) in [6.45, 7) is 2.50. The summed E-state index contributed by atoms with van der Waals surface area (Å²) in [6.07, 6.45) is 3.43. The van der Waals surface area contributed by atoms with Crippen LogP contribution in [0, 0.1) is 11.6 Å². The molecule has 5 nitrogen and oxygen atoms in total. The number of hydrogen-bond acceptors (Lipinski definition) is 4. The van der Waals surface area contributed by atoms with Gasteiger partial charge in [0.1, 0.15) is 11.6 Å². The van der Waals surface area contributed by atoms with Crippen LogP contribution in [0.15, 0.2) is 18.2 Å². The summed E-state index contributed by atoms with van der Waals surface area (Å²) in [7, 11) is 1.62. The Morgan fingerprint density at radius 2 is 2.08 bits per heavy atom. The molecule has 1 aromatic heterocycles. The molecule has 1 aromatic carbocycles. The van der Waals surface area contributed by atoms with Crippen molar-refractivity contribution in [3.63, 3.8) is 0 Å². The molecule has 0 saturated carbocycles. The highest BCUT2D eigenvalue weighted by Crippen LogP contribution is 2.21. The molecule has 0 radical (unpaired) electrons. The van der Waals surface area contributed by atoms with Gasteiger partial charge in [0.2, 0.25) is 0 Å². The van der Waals surface area contributed by atoms with Crippen LogP contribution in [0.25, 0.3) is 11.4 Å². The fourth-order valence-corrected chi connectivity index (χ4v) is 2.27. The van der Waals surface area contributed by atoms with Gasteiger partial charge in [0.25, 0.3) is 0 Å². The monoisotopic (exact) mass is 337 g/mol. The van der Waals surface area contributed by atoms with Crippen molar-refractivity contribution in [1.82, 2.24) is 14.8 Å². The van der Waals surface area contributed by atoms with E-state index >= 15 is 0 Å². The summed E-state index contributed by atoms with van der Waals surface area (Å²) in [6, 6.07) is 3.29. The number of carbonyl (C=O) groups is 1. The van der Waals surface area contributed by atoms with Gasteiger partial charge in [-0.1, -0.05) is 19.8 Å². The van der Waals surface area contributed by atoms with Crippen molar-refractivity contribution in [2.24, 2.45) is 7.05 Å². The van der Waals surface area contributed by atoms with Crippen LogP contribution in [-0.4, -0.2) is 27.3 Å². The van der Waals surface area contributed by atoms with Crippen molar-refractivity contribution in [3.05, 3.63) is 35.7 Å². The van der Waals surface area contributed by atoms with E-state index in [0.29, 0.717) is 24.7 Å². The molecule has 2 rings (SSSR count). The fourth-order valence-electron chi connectivity index (χ4n) is 2.27. The van der Waals surface area contributed by atoms with E-state index in [1.165, 1.54) is 16.8 Å². The van der Waals surface area contributed by atoms with Crippen LogP contribution in [0.2, 0.25) is 0 Å². The smallest absolute Gasteiger partial charge is 0.306 e. The molecule has 0 N–H and O–H groups in total. The number of unbranched alkanes of at least 4 members (excludes halogenated alkanes) is 2. The van der Waals surface area contributed by atoms with Crippen molar-refractivity contribution in [2.45, 2.75) is 39.0 Å². The summed E-state index contributed by atoms with van der Waals surface area (Å²) in [5.74, 6) is -0.939. The molecule has 0 aliphatic rings. The van der Waals surface area contributed by atoms with Crippen molar-refractivity contribution < 1.29 is 18.3 Å². The maximum Gasteiger partial charge on any atom is 0.306 e. The number of nitrogens with zero attached hydrogens (tertiary/aromatic N) is 3. The first-order valence-corrected chi connectivity index (χ1v) is 8.02. The Labute approximate surface area is 139 Å². The Balaban J connectivity index is 1.95. The van der Waals surface area contributed by atoms with Crippen LogP contribution >= 0.6 is 0 Å². The highest BCUT2D eigenvalue weighted by molar-refractivity contribution is 5.69. The molecule has 0 bridgehead atoms. The Morgan fingerprint density at radius 1 is 1.29 bits per heavy atom. The lowest BCUT2D eigenvalue weighted by Gasteiger charge is -2.02. The zero-order chi connectivity index (χ0) is 17.5. The molecule has 0 unspecified atom stereocenters. The topological polar surface area (TPSA) is 57.0 Å². The van der Waals surface area contributed by atoms with Gasteiger partial charge < -0.3 is 4.74 Å². The number of esters is 1. The molecular weight excluding hydrogens is 316 g/mol. The second-order valence-corrected chi connectivity index (χ2v) is 5.53. The fraction of sp³-hybridized carbons (Fsp3) is 0.471. The molecule has 0 aliphatic heterocycles. The SMILES string of the molecule is CCCCCOC(=O)CCc1nc(-c2ccc(F)cc2F)n(C)n1. The molecule has 0 atom stereocenters. The van der Waals surface area contributed by atoms with E-state index < -0.39 is 11.6 Å². The van der Waals surface area contributed by atoms with E-state index in [1.807, 2.05) is 0 Å². The minimum absolute atomic E-state index is 0.166. The predicted molar refractivity (Wildman–Crippen MR) is 85.2 cm³/mol. The van der Waals surface area contributed by atoms with E-state index in [0.717, 1.165) is 25.3 Å². The van der Waals surface area contributed by atoms with Crippen molar-refractivity contribution in [2.75, 3.05) is 6.61 Å². The van der Waals surface area contributed by atoms with Gasteiger partial charge in [0.15, 0.2) is 11.6 Å². The standard InChI is InChI=1S/C17H21F2N3O2/c1-3-4-5-10-24-16(23)9-8-15-20-17(22(2)21-15)13-7-6-12(18)11-14(13)19/h6-7,11H,3-5,8-10H2,1-2H3. The minimum atomic E-state index is -0.701. The second kappa shape index (κ2) is 8.52. The molecule has 0 fully saturated rings. The van der Waals surface area contributed by atoms with Crippen molar-refractivity contribution in [1.29, 1.82) is 0 Å². The van der Waals surface area contributed by atoms with Crippen LogP contribution < -0.4 is 0 Å². The highest BCUT2D eigenvalue weighted by Gasteiger charge is 2.15. The van der Waals surface area contributed by atoms with Crippen molar-refractivity contribution >= 4 is 5.97 Å². The summed E-state index contributed by atoms with van der Waals surface area (Å²) < 4.78 is 33.4. The lowest BCUT2D eigenvalue weighted by Crippen LogP contribution is -2.07. The van der Waals surface area contributed by atoms with Gasteiger partial charge in [-0.15, -0.1) is 0 Å². The van der Waals surface area contributed by atoms with E-state index in [1.54, 1.807) is 7.05 Å². The van der Waals surface area contributed by atoms with Crippen LogP contribution in [-0.2, 0) is 23.0 Å². The van der Waals surface area contributed by atoms with Gasteiger partial charge in [0, 0.05) is 19.5 Å². The van der Waals surface area contributed by atoms with E-state index in [2.05, 4.69) is 17.0 Å². The summed E-state index contributed by atoms with van der Waals surface area (Å²) in [4.78, 5) is 15.9. The Hall–Kier alpha value is -2.31. The first-order valence-electron chi connectivity index (χ1n) is 8.02. The third-order valence-electron chi connectivity index (χ3n) is 3.54. The molecule has 0 saturated heterocycles. The minimum Gasteiger partial charge on any atom is -0.466 e. The average Bonchev–Trinajstić information content (AvgIpc) is 2.90. The molecule has 0 amide bonds. The van der Waals surface area contributed by atoms with Gasteiger partial charge in [-0.25, -0.2) is 18.4 Å². The Morgan fingerprint density at radius 3 is 2.79 bits per heavy atom. The van der Waals surface area contributed by atoms with Crippen molar-refractivity contribution in [3.8, 4) is 11.4 Å². The van der Waals surface area contributed by atoms with E-state index in [4.69, 9.17) is 4.74 Å². The van der Waals surface area contributed by atoms with Gasteiger partial charge in [0.05, 0.1) is 18.6 Å². The number of carbonyl (C=O) groups excluding carboxylic acids is 1. The number of aryl methyl sites for hydroxylation is 2. The first kappa shape index (κ1) is 18.0. The average molecular weight is 337 g/mol. The van der Waals surface area contributed by atoms with Gasteiger partial charge in [-0.05, 0) is 18.6 Å². The largest absolute Gasteiger partial charge is 0.466 e. The lowest BCUT2D eigenvalue weighted by atomic mass is 10.2. The third-order valence-corrected chi connectivity index (χ3v) is 3.54. The van der Waals surface area contributed by atoms with Crippen LogP contribution in [0.4, 0.5) is 8.78 Å². The molecule has 7 heteroatoms. The molecule has 0 spiro atoms. The summed E-state index contributed by atoms with van der Waals surface area (Å²) in [5, 5.41) is 4.17. The number of halogens is 2. The Kier molecular flexibility index (Phi) is 6.40. The summed E-state index contributed by atoms with van der Waals surface area (Å²) >= 11 is 0. The molecule has 0 aliphatic carbocycles. The molecule has 130 valence electrons. The molecule has 24 heavy (non-hydrogen) atoms. The van der Waals surface area contributed by atoms with Gasteiger partial charge in [-0.2, -0.15) is 5.10 Å². The number of rotatable bonds is 8. The molecule has 1 heterocycles. The van der Waals surface area contributed by atoms with Crippen LogP contribution in [0.1, 0.15) is 38.4 Å². The number of hydrogen-bond donors (Lipinski definition) is 0. The zero-order valence-electron chi connectivity index (χ0n) is 13.9. The molecule has 2 aromatic rings. The van der Waals surface area contributed by atoms with Gasteiger partial charge >= 0.3 is 5.97 Å². The zero-order valence-corrected chi connectivity index (χ0v) is 13.9. The highest BCUT2D eigenvalue weighted by atomic mass is 19.1. The number of benzene rings is 1. The van der Waals surface area contributed by atoms with E-state index in [9.17, 15) is 13.6 Å². The summed E-state index contributed by atoms with van der Waals surface area (Å²) in [5.41, 5.74) is 0.166. The predicted octanol–water partition coefficient (Wildman–Crippen LogP) is 3.43. The normalized spacial score (nSPS) is 10.8. The maximum absolute atomic E-state index is 13.8. The van der Waals surface area contributed by atoms with Gasteiger partial charge in [-0.3, -0.25) is 4.79 Å². The molecular formula is C17H21F2N3O2. The number of ether oxygens (including phenoxy) is 1. The second-order valence-electron chi connectivity index (χ2n) is 5.53. The Bertz CT molecular complexity index is 701. The first-order chi connectivity index (χ1) is 11.5. The lowest BCUT2D eigenvalue weighted by molar-refractivity contribution is -0.143. The van der Waals surface area contributed by atoms with Crippen LogP contribution in [0.5, 0.6) is 0 Å². The number of aromatic nitrogens is 3. The maximum atomic E-state index is 13.8.